The fraction of sp³-hybridized carbons (Fsp3) is 0.267. The Morgan fingerprint density at radius 3 is 2.57 bits per heavy atom. The highest BCUT2D eigenvalue weighted by molar-refractivity contribution is 5.45. The summed E-state index contributed by atoms with van der Waals surface area (Å²) >= 11 is 0. The van der Waals surface area contributed by atoms with E-state index >= 15 is 0 Å². The Morgan fingerprint density at radius 1 is 1.14 bits per heavy atom. The van der Waals surface area contributed by atoms with Crippen LogP contribution in [0.2, 0.25) is 0 Å². The van der Waals surface area contributed by atoms with Gasteiger partial charge in [0.25, 0.3) is 5.78 Å². The number of hydrogen-bond donors (Lipinski definition) is 1. The van der Waals surface area contributed by atoms with E-state index in [0.717, 1.165) is 17.1 Å². The molecular weight excluding hydrogens is 269 g/mol. The van der Waals surface area contributed by atoms with Crippen molar-refractivity contribution < 1.29 is 4.39 Å². The maximum atomic E-state index is 13.6. The number of rotatable bonds is 3. The molecule has 21 heavy (non-hydrogen) atoms. The quantitative estimate of drug-likeness (QED) is 0.804. The smallest absolute Gasteiger partial charge is 0.254 e. The molecule has 0 aliphatic carbocycles. The largest absolute Gasteiger partial charge is 0.366 e. The summed E-state index contributed by atoms with van der Waals surface area (Å²) in [6.07, 6.45) is 1.47. The van der Waals surface area contributed by atoms with Crippen molar-refractivity contribution in [1.82, 2.24) is 19.6 Å². The molecule has 6 heteroatoms. The molecule has 0 bridgehead atoms. The monoisotopic (exact) mass is 285 g/mol. The second kappa shape index (κ2) is 5.12. The number of halogens is 1. The number of benzene rings is 1. The zero-order chi connectivity index (χ0) is 15.0. The van der Waals surface area contributed by atoms with Crippen molar-refractivity contribution in [3.8, 4) is 0 Å². The summed E-state index contributed by atoms with van der Waals surface area (Å²) in [6, 6.07) is 5.61. The molecule has 1 N–H and O–H groups in total. The molecule has 1 aromatic carbocycles. The molecule has 2 heterocycles. The van der Waals surface area contributed by atoms with E-state index in [0.29, 0.717) is 23.4 Å². The van der Waals surface area contributed by atoms with E-state index in [2.05, 4.69) is 20.4 Å². The van der Waals surface area contributed by atoms with Crippen LogP contribution in [-0.2, 0) is 6.54 Å². The van der Waals surface area contributed by atoms with Gasteiger partial charge in [-0.25, -0.2) is 9.37 Å². The summed E-state index contributed by atoms with van der Waals surface area (Å²) in [5, 5.41) is 7.44. The van der Waals surface area contributed by atoms with Crippen molar-refractivity contribution in [1.29, 1.82) is 0 Å². The van der Waals surface area contributed by atoms with Crippen LogP contribution < -0.4 is 5.32 Å². The average Bonchev–Trinajstić information content (AvgIpc) is 2.90. The minimum atomic E-state index is -0.142. The van der Waals surface area contributed by atoms with Gasteiger partial charge in [-0.2, -0.15) is 14.6 Å². The van der Waals surface area contributed by atoms with Gasteiger partial charge in [0.2, 0.25) is 0 Å². The third-order valence-corrected chi connectivity index (χ3v) is 3.35. The number of aryl methyl sites for hydroxylation is 3. The second-order valence-electron chi connectivity index (χ2n) is 5.15. The van der Waals surface area contributed by atoms with E-state index in [4.69, 9.17) is 0 Å². The third-order valence-electron chi connectivity index (χ3n) is 3.35. The highest BCUT2D eigenvalue weighted by atomic mass is 19.1. The minimum Gasteiger partial charge on any atom is -0.366 e. The van der Waals surface area contributed by atoms with Crippen LogP contribution in [0.1, 0.15) is 22.4 Å². The number of hydrogen-bond acceptors (Lipinski definition) is 4. The van der Waals surface area contributed by atoms with Gasteiger partial charge < -0.3 is 5.32 Å². The first kappa shape index (κ1) is 13.5. The van der Waals surface area contributed by atoms with Gasteiger partial charge in [-0.3, -0.25) is 0 Å². The van der Waals surface area contributed by atoms with Gasteiger partial charge in [0, 0.05) is 18.3 Å². The number of nitrogens with one attached hydrogen (secondary N) is 1. The van der Waals surface area contributed by atoms with Crippen LogP contribution in [0.15, 0.2) is 24.5 Å². The molecule has 0 fully saturated rings. The Balaban J connectivity index is 1.88. The molecule has 0 amide bonds. The number of anilines is 1. The summed E-state index contributed by atoms with van der Waals surface area (Å²) in [7, 11) is 0. The molecule has 0 radical (unpaired) electrons. The predicted octanol–water partition coefficient (Wildman–Crippen LogP) is 2.80. The molecule has 0 unspecified atom stereocenters. The standard InChI is InChI=1S/C15H16FN5/c1-9-4-12(5-10(2)14(9)16)7-17-13-6-11(3)20-15-18-8-19-21(13)15/h4-6,8,17H,7H2,1-3H3. The minimum absolute atomic E-state index is 0.142. The van der Waals surface area contributed by atoms with Gasteiger partial charge in [-0.1, -0.05) is 12.1 Å². The lowest BCUT2D eigenvalue weighted by atomic mass is 10.1. The van der Waals surface area contributed by atoms with E-state index in [-0.39, 0.29) is 5.82 Å². The van der Waals surface area contributed by atoms with Crippen LogP contribution >= 0.6 is 0 Å². The second-order valence-corrected chi connectivity index (χ2v) is 5.15. The first-order chi connectivity index (χ1) is 10.0. The first-order valence-electron chi connectivity index (χ1n) is 6.71. The molecule has 0 spiro atoms. The van der Waals surface area contributed by atoms with Crippen molar-refractivity contribution >= 4 is 11.6 Å². The lowest BCUT2D eigenvalue weighted by Gasteiger charge is -2.10. The molecule has 0 saturated carbocycles. The van der Waals surface area contributed by atoms with E-state index in [1.807, 2.05) is 25.1 Å². The van der Waals surface area contributed by atoms with Gasteiger partial charge in [-0.15, -0.1) is 0 Å². The maximum Gasteiger partial charge on any atom is 0.254 e. The molecule has 2 aromatic heterocycles. The molecular formula is C15H16FN5. The van der Waals surface area contributed by atoms with Gasteiger partial charge in [0.05, 0.1) is 0 Å². The summed E-state index contributed by atoms with van der Waals surface area (Å²) in [6.45, 7) is 6.04. The molecule has 5 nitrogen and oxygen atoms in total. The SMILES string of the molecule is Cc1cc(NCc2cc(C)c(F)c(C)c2)n2ncnc2n1. The van der Waals surface area contributed by atoms with Gasteiger partial charge in [0.15, 0.2) is 0 Å². The summed E-state index contributed by atoms with van der Waals surface area (Å²) in [5.74, 6) is 1.23. The highest BCUT2D eigenvalue weighted by Gasteiger charge is 2.07. The Kier molecular flexibility index (Phi) is 3.29. The molecule has 3 rings (SSSR count). The molecule has 0 aliphatic rings. The molecule has 0 atom stereocenters. The predicted molar refractivity (Wildman–Crippen MR) is 78.7 cm³/mol. The fourth-order valence-electron chi connectivity index (χ4n) is 2.39. The van der Waals surface area contributed by atoms with Crippen LogP contribution in [0, 0.1) is 26.6 Å². The summed E-state index contributed by atoms with van der Waals surface area (Å²) in [5.41, 5.74) is 3.20. The van der Waals surface area contributed by atoms with Crippen molar-refractivity contribution in [3.05, 3.63) is 52.7 Å². The molecule has 0 aliphatic heterocycles. The van der Waals surface area contributed by atoms with Crippen molar-refractivity contribution in [3.63, 3.8) is 0 Å². The van der Waals surface area contributed by atoms with Crippen LogP contribution in [0.4, 0.5) is 10.2 Å². The lowest BCUT2D eigenvalue weighted by molar-refractivity contribution is 0.608. The third kappa shape index (κ3) is 2.56. The molecule has 3 aromatic rings. The normalized spacial score (nSPS) is 11.0. The Morgan fingerprint density at radius 2 is 1.86 bits per heavy atom. The lowest BCUT2D eigenvalue weighted by Crippen LogP contribution is -2.07. The van der Waals surface area contributed by atoms with E-state index in [9.17, 15) is 4.39 Å². The van der Waals surface area contributed by atoms with Crippen LogP contribution in [0.5, 0.6) is 0 Å². The fourth-order valence-corrected chi connectivity index (χ4v) is 2.39. The van der Waals surface area contributed by atoms with E-state index in [1.54, 1.807) is 18.4 Å². The van der Waals surface area contributed by atoms with Crippen molar-refractivity contribution in [2.75, 3.05) is 5.32 Å². The maximum absolute atomic E-state index is 13.6. The highest BCUT2D eigenvalue weighted by Crippen LogP contribution is 2.17. The molecule has 0 saturated heterocycles. The van der Waals surface area contributed by atoms with Gasteiger partial charge in [-0.05, 0) is 37.5 Å². The van der Waals surface area contributed by atoms with Gasteiger partial charge in [0.1, 0.15) is 18.0 Å². The van der Waals surface area contributed by atoms with Crippen LogP contribution in [-0.4, -0.2) is 19.6 Å². The zero-order valence-electron chi connectivity index (χ0n) is 12.2. The van der Waals surface area contributed by atoms with E-state index in [1.165, 1.54) is 6.33 Å². The Hall–Kier alpha value is -2.50. The first-order valence-corrected chi connectivity index (χ1v) is 6.71. The summed E-state index contributed by atoms with van der Waals surface area (Å²) < 4.78 is 15.3. The van der Waals surface area contributed by atoms with Crippen molar-refractivity contribution in [2.45, 2.75) is 27.3 Å². The van der Waals surface area contributed by atoms with E-state index < -0.39 is 0 Å². The van der Waals surface area contributed by atoms with Crippen LogP contribution in [0.3, 0.4) is 0 Å². The average molecular weight is 285 g/mol. The number of fused-ring (bicyclic) bond motifs is 1. The van der Waals surface area contributed by atoms with Crippen LogP contribution in [0.25, 0.3) is 5.78 Å². The Labute approximate surface area is 121 Å². The summed E-state index contributed by atoms with van der Waals surface area (Å²) in [4.78, 5) is 8.38. The number of nitrogens with zero attached hydrogens (tertiary/aromatic N) is 4. The molecule has 108 valence electrons. The van der Waals surface area contributed by atoms with Gasteiger partial charge >= 0.3 is 0 Å². The Bertz CT molecular complexity index is 786. The van der Waals surface area contributed by atoms with Crippen molar-refractivity contribution in [2.24, 2.45) is 0 Å². The number of aromatic nitrogens is 4. The zero-order valence-corrected chi connectivity index (χ0v) is 12.2. The topological polar surface area (TPSA) is 55.1 Å².